The topological polar surface area (TPSA) is 0 Å². The van der Waals surface area contributed by atoms with E-state index in [0.29, 0.717) is 0 Å². The van der Waals surface area contributed by atoms with Crippen molar-refractivity contribution in [2.75, 3.05) is 0 Å². The van der Waals surface area contributed by atoms with Crippen LogP contribution in [0.4, 0.5) is 0 Å². The van der Waals surface area contributed by atoms with Crippen LogP contribution in [0, 0.1) is 69.2 Å². The van der Waals surface area contributed by atoms with Crippen molar-refractivity contribution < 1.29 is 0 Å². The van der Waals surface area contributed by atoms with Gasteiger partial charge in [0.05, 0.1) is 0 Å². The maximum absolute atomic E-state index is 2.37. The Morgan fingerprint density at radius 3 is 0.595 bits per heavy atom. The first-order valence-electron chi connectivity index (χ1n) is 51.9. The third kappa shape index (κ3) is 17.1. The molecule has 0 saturated heterocycles. The Morgan fingerprint density at radius 2 is 0.324 bits per heavy atom. The zero-order valence-corrected chi connectivity index (χ0v) is 85.3. The van der Waals surface area contributed by atoms with Crippen molar-refractivity contribution in [2.24, 2.45) is 0 Å². The molecule has 28 rings (SSSR count). The summed E-state index contributed by atoms with van der Waals surface area (Å²) in [5.74, 6) is 0. The summed E-state index contributed by atoms with van der Waals surface area (Å²) in [6.45, 7) is 22.0. The molecule has 0 aliphatic carbocycles. The van der Waals surface area contributed by atoms with Crippen LogP contribution in [0.5, 0.6) is 0 Å². The number of benzene rings is 28. The molecule has 0 radical (unpaired) electrons. The van der Waals surface area contributed by atoms with Crippen molar-refractivity contribution in [1.82, 2.24) is 0 Å². The fourth-order valence-corrected chi connectivity index (χ4v) is 23.7. The van der Waals surface area contributed by atoms with Crippen LogP contribution in [0.3, 0.4) is 0 Å². The molecule has 0 spiro atoms. The van der Waals surface area contributed by atoms with Crippen LogP contribution >= 0.6 is 0 Å². The molecule has 0 aromatic heterocycles. The number of rotatable bonds is 12. The quantitative estimate of drug-likeness (QED) is 0.0845. The van der Waals surface area contributed by atoms with Gasteiger partial charge in [-0.2, -0.15) is 0 Å². The number of aryl methyl sites for hydroxylation is 8. The third-order valence-corrected chi connectivity index (χ3v) is 30.8. The van der Waals surface area contributed by atoms with E-state index in [9.17, 15) is 0 Å². The van der Waals surface area contributed by atoms with Gasteiger partial charge in [0.2, 0.25) is 0 Å². The van der Waals surface area contributed by atoms with Crippen LogP contribution in [0.15, 0.2) is 497 Å². The standard InChI is InChI=1S/C44H34.C38H30.C26H16.C22H18.C18H14/c1-31-23-27-37(28-24-31)43-39(33-15-7-3-8-16-33)41(35-19-11-5-12-20-35)44(38-29-25-32(2)26-30-38)42(36-21-13-6-14-22-36)40(43)34-17-9-4-10-18-34;1-27-35(29-15-7-3-8-16-29)23-33(24-36(27)30-17-9-4-10-18-30)34-25-37(31-19-11-5-12-20-31)28(2)38(26-34)32-21-13-6-14-22-32;1-13-11-17-5-3-16-8-10-20-14(2)12-18-6-4-15-7-9-19(13)25-21(15)24(18)26(20)22(16)23(17)25;1-15-11-13-21(19-9-5-3-7-17(15)19)22-14-12-16(2)18-8-4-6-10-20(18)22;1-11-7-13-3-5-15-9-12(2)10-16-6-4-14(8-11)17(13)18(15)16/h3-30H,1-2H3;3-26H,1-2H3;3-12H,1-2H3;3-14H,1-2H3;3-10H,1-2H3. The minimum Gasteiger partial charge on any atom is -0.0622 e. The van der Waals surface area contributed by atoms with E-state index >= 15 is 0 Å². The molecule has 28 aromatic rings. The first kappa shape index (κ1) is 92.5. The second kappa shape index (κ2) is 39.3. The molecule has 0 aliphatic heterocycles. The number of fused-ring (bicyclic) bond motifs is 2. The molecule has 148 heavy (non-hydrogen) atoms. The van der Waals surface area contributed by atoms with E-state index in [-0.39, 0.29) is 0 Å². The van der Waals surface area contributed by atoms with Gasteiger partial charge in [0.1, 0.15) is 0 Å². The minimum atomic E-state index is 1.20. The van der Waals surface area contributed by atoms with Crippen LogP contribution in [0.1, 0.15) is 55.6 Å². The lowest BCUT2D eigenvalue weighted by atomic mass is 9.74. The summed E-state index contributed by atoms with van der Waals surface area (Å²) < 4.78 is 0. The van der Waals surface area contributed by atoms with E-state index in [1.54, 1.807) is 0 Å². The lowest BCUT2D eigenvalue weighted by Crippen LogP contribution is -2.02. The normalized spacial score (nSPS) is 11.4. The van der Waals surface area contributed by atoms with Crippen LogP contribution in [-0.2, 0) is 0 Å². The molecule has 0 bridgehead atoms. The monoisotopic (exact) mass is 1890 g/mol. The summed E-state index contributed by atoms with van der Waals surface area (Å²) in [4.78, 5) is 0. The van der Waals surface area contributed by atoms with Gasteiger partial charge in [-0.25, -0.2) is 0 Å². The number of hydrogen-bond donors (Lipinski definition) is 0. The largest absolute Gasteiger partial charge is 0.0622 e. The predicted octanol–water partition coefficient (Wildman–Crippen LogP) is 42.0. The van der Waals surface area contributed by atoms with Crippen molar-refractivity contribution in [2.45, 2.75) is 69.2 Å². The Kier molecular flexibility index (Phi) is 24.6. The van der Waals surface area contributed by atoms with Gasteiger partial charge in [-0.15, -0.1) is 0 Å². The van der Waals surface area contributed by atoms with Crippen LogP contribution in [0.2, 0.25) is 0 Å². The average molecular weight is 1890 g/mol. The fraction of sp³-hybridized carbons (Fsp3) is 0.0676. The molecule has 0 unspecified atom stereocenters. The van der Waals surface area contributed by atoms with E-state index in [2.05, 4.69) is 567 Å². The van der Waals surface area contributed by atoms with Crippen molar-refractivity contribution in [3.8, 4) is 134 Å². The highest BCUT2D eigenvalue weighted by molar-refractivity contribution is 6.45. The highest BCUT2D eigenvalue weighted by atomic mass is 14.3. The van der Waals surface area contributed by atoms with E-state index in [0.717, 1.165) is 0 Å². The predicted molar refractivity (Wildman–Crippen MR) is 642 cm³/mol. The second-order valence-corrected chi connectivity index (χ2v) is 40.4. The van der Waals surface area contributed by atoms with Gasteiger partial charge in [0.15, 0.2) is 0 Å². The van der Waals surface area contributed by atoms with Gasteiger partial charge in [-0.05, 0) is 390 Å². The Hall–Kier alpha value is -17.9. The molecule has 28 aromatic carbocycles. The molecule has 0 N–H and O–H groups in total. The molecular formula is C148H112. The zero-order chi connectivity index (χ0) is 100. The maximum Gasteiger partial charge on any atom is -0.00112 e. The summed E-state index contributed by atoms with van der Waals surface area (Å²) in [7, 11) is 0. The molecule has 0 saturated carbocycles. The summed E-state index contributed by atoms with van der Waals surface area (Å²) in [6, 6.07) is 182. The van der Waals surface area contributed by atoms with Gasteiger partial charge in [0, 0.05) is 0 Å². The average Bonchev–Trinajstić information content (AvgIpc) is 0.680. The Labute approximate surface area is 867 Å². The Morgan fingerprint density at radius 1 is 0.108 bits per heavy atom. The lowest BCUT2D eigenvalue weighted by molar-refractivity contribution is 1.42. The lowest BCUT2D eigenvalue weighted by Gasteiger charge is -2.29. The van der Waals surface area contributed by atoms with Gasteiger partial charge < -0.3 is 0 Å². The molecule has 0 atom stereocenters. The van der Waals surface area contributed by atoms with Crippen molar-refractivity contribution in [1.29, 1.82) is 0 Å². The van der Waals surface area contributed by atoms with Crippen LogP contribution in [0.25, 0.3) is 252 Å². The molecule has 0 aliphatic rings. The SMILES string of the molecule is Cc1c(-c2ccccc2)cc(-c2cc(-c3ccccc3)c(C)c(-c3ccccc3)c2)cc1-c1ccccc1.Cc1cc2ccc3cc(C)cc4ccc(c1)c2c34.Cc1cc2ccc3ccc4c(C)cc5ccc6ccc1c1c6c5c4c3c21.Cc1ccc(-c2c(-c3ccccc3)c(-c3ccccc3)c(-c3ccc(C)cc3)c(-c3ccccc3)c2-c2ccccc2)cc1.Cc1ccc(-c2ccc(C)c3ccccc23)c2ccccc12. The van der Waals surface area contributed by atoms with Crippen molar-refractivity contribution in [3.05, 3.63) is 553 Å². The summed E-state index contributed by atoms with van der Waals surface area (Å²) >= 11 is 0. The first-order chi connectivity index (χ1) is 72.6. The van der Waals surface area contributed by atoms with Crippen molar-refractivity contribution >= 4 is 118 Å². The first-order valence-corrected chi connectivity index (χ1v) is 51.9. The molecule has 0 heterocycles. The highest BCUT2D eigenvalue weighted by Crippen LogP contribution is 2.58. The van der Waals surface area contributed by atoms with Gasteiger partial charge in [0.25, 0.3) is 0 Å². The molecule has 704 valence electrons. The van der Waals surface area contributed by atoms with Crippen LogP contribution < -0.4 is 0 Å². The van der Waals surface area contributed by atoms with E-state index in [1.165, 1.54) is 308 Å². The summed E-state index contributed by atoms with van der Waals surface area (Å²) in [5.41, 5.74) is 43.0. The van der Waals surface area contributed by atoms with E-state index < -0.39 is 0 Å². The molecule has 0 fully saturated rings. The maximum atomic E-state index is 2.37. The third-order valence-electron chi connectivity index (χ3n) is 30.8. The molecular weight excluding hydrogens is 1780 g/mol. The highest BCUT2D eigenvalue weighted by Gasteiger charge is 2.31. The van der Waals surface area contributed by atoms with Gasteiger partial charge in [-0.3, -0.25) is 0 Å². The molecule has 0 amide bonds. The second-order valence-electron chi connectivity index (χ2n) is 40.4. The number of hydrogen-bond acceptors (Lipinski definition) is 0. The zero-order valence-electron chi connectivity index (χ0n) is 85.3. The van der Waals surface area contributed by atoms with E-state index in [1.807, 2.05) is 0 Å². The minimum absolute atomic E-state index is 1.20. The van der Waals surface area contributed by atoms with E-state index in [4.69, 9.17) is 0 Å². The fourth-order valence-electron chi connectivity index (χ4n) is 23.7. The van der Waals surface area contributed by atoms with Crippen molar-refractivity contribution in [3.63, 3.8) is 0 Å². The van der Waals surface area contributed by atoms with Gasteiger partial charge in [-0.1, -0.05) is 484 Å². The van der Waals surface area contributed by atoms with Crippen LogP contribution in [-0.4, -0.2) is 0 Å². The summed E-state index contributed by atoms with van der Waals surface area (Å²) in [5, 5.41) is 30.5. The summed E-state index contributed by atoms with van der Waals surface area (Å²) in [6.07, 6.45) is 0. The smallest absolute Gasteiger partial charge is 0.00112 e. The molecule has 0 heteroatoms. The Bertz CT molecular complexity index is 8900. The van der Waals surface area contributed by atoms with Gasteiger partial charge >= 0.3 is 0 Å². The Balaban J connectivity index is 0.000000102. The molecule has 0 nitrogen and oxygen atoms in total.